The zero-order valence-electron chi connectivity index (χ0n) is 14.9. The number of carbonyl (C=O) groups is 1. The molecule has 0 bridgehead atoms. The van der Waals surface area contributed by atoms with E-state index < -0.39 is 5.91 Å². The largest absolute Gasteiger partial charge is 0.345 e. The van der Waals surface area contributed by atoms with E-state index in [-0.39, 0.29) is 17.3 Å². The first-order chi connectivity index (χ1) is 12.6. The number of aryl methyl sites for hydroxylation is 1. The van der Waals surface area contributed by atoms with Crippen molar-refractivity contribution in [2.75, 3.05) is 0 Å². The van der Waals surface area contributed by atoms with E-state index in [9.17, 15) is 15.0 Å². The topological polar surface area (TPSA) is 82.3 Å². The molecule has 0 aliphatic carbocycles. The van der Waals surface area contributed by atoms with E-state index in [1.54, 1.807) is 25.1 Å². The Labute approximate surface area is 153 Å². The van der Waals surface area contributed by atoms with Crippen molar-refractivity contribution in [3.05, 3.63) is 75.7 Å². The fourth-order valence-corrected chi connectivity index (χ4v) is 2.76. The van der Waals surface area contributed by atoms with Crippen molar-refractivity contribution in [2.24, 2.45) is 5.18 Å². The van der Waals surface area contributed by atoms with Crippen LogP contribution in [0.2, 0.25) is 0 Å². The molecule has 0 saturated heterocycles. The highest BCUT2D eigenvalue weighted by atomic mass is 16.3. The Morgan fingerprint density at radius 1 is 1.23 bits per heavy atom. The summed E-state index contributed by atoms with van der Waals surface area (Å²) in [7, 11) is 0. The number of nitrogens with one attached hydrogen (secondary N) is 1. The number of amides is 1. The second-order valence-corrected chi connectivity index (χ2v) is 5.99. The molecule has 5 heteroatoms. The average molecular weight is 347 g/mol. The van der Waals surface area contributed by atoms with Crippen LogP contribution in [-0.2, 0) is 4.79 Å². The molecule has 0 aromatic heterocycles. The first-order valence-corrected chi connectivity index (χ1v) is 8.51. The first kappa shape index (κ1) is 19.1. The average Bonchev–Trinajstić information content (AvgIpc) is 2.67. The molecule has 0 radical (unpaired) electrons. The van der Waals surface area contributed by atoms with Gasteiger partial charge in [0.05, 0.1) is 6.04 Å². The molecule has 0 fully saturated rings. The molecule has 0 spiro atoms. The number of nitroso groups, excluding NO2 is 1. The lowest BCUT2D eigenvalue weighted by atomic mass is 10.0. The molecule has 1 atom stereocenters. The van der Waals surface area contributed by atoms with Gasteiger partial charge in [0.1, 0.15) is 17.3 Å². The molecule has 2 rings (SSSR count). The second-order valence-electron chi connectivity index (χ2n) is 5.99. The summed E-state index contributed by atoms with van der Waals surface area (Å²) in [5.41, 5.74) is 2.41. The van der Waals surface area contributed by atoms with Gasteiger partial charge in [-0.3, -0.25) is 4.79 Å². The van der Waals surface area contributed by atoms with Gasteiger partial charge in [-0.05, 0) is 41.8 Å². The number of carbonyl (C=O) groups excluding carboxylic acids is 1. The zero-order chi connectivity index (χ0) is 18.9. The summed E-state index contributed by atoms with van der Waals surface area (Å²) >= 11 is 0. The van der Waals surface area contributed by atoms with Crippen molar-refractivity contribution in [1.82, 2.24) is 5.32 Å². The molecule has 0 saturated carbocycles. The number of hydrogen-bond donors (Lipinski definition) is 1. The number of benzene rings is 2. The monoisotopic (exact) mass is 347 g/mol. The Hall–Kier alpha value is -3.26. The predicted molar refractivity (Wildman–Crippen MR) is 102 cm³/mol. The Morgan fingerprint density at radius 3 is 2.58 bits per heavy atom. The summed E-state index contributed by atoms with van der Waals surface area (Å²) in [6.07, 6.45) is 3.08. The third kappa shape index (κ3) is 4.64. The second kappa shape index (κ2) is 9.28. The van der Waals surface area contributed by atoms with Crippen molar-refractivity contribution in [3.63, 3.8) is 0 Å². The predicted octanol–water partition coefficient (Wildman–Crippen LogP) is 4.96. The first-order valence-electron chi connectivity index (χ1n) is 8.51. The van der Waals surface area contributed by atoms with E-state index >= 15 is 0 Å². The van der Waals surface area contributed by atoms with Crippen LogP contribution in [0.15, 0.2) is 59.3 Å². The van der Waals surface area contributed by atoms with Crippen molar-refractivity contribution in [2.45, 2.75) is 32.7 Å². The van der Waals surface area contributed by atoms with Gasteiger partial charge in [0, 0.05) is 5.56 Å². The Bertz CT molecular complexity index is 851. The number of nitrogens with zero attached hydrogens (tertiary/aromatic N) is 2. The van der Waals surface area contributed by atoms with Gasteiger partial charge >= 0.3 is 0 Å². The van der Waals surface area contributed by atoms with Crippen molar-refractivity contribution in [1.29, 1.82) is 5.26 Å². The Balaban J connectivity index is 2.31. The van der Waals surface area contributed by atoms with Gasteiger partial charge in [0.15, 0.2) is 0 Å². The maximum Gasteiger partial charge on any atom is 0.262 e. The van der Waals surface area contributed by atoms with Crippen LogP contribution in [0.5, 0.6) is 0 Å². The van der Waals surface area contributed by atoms with Crippen LogP contribution >= 0.6 is 0 Å². The minimum atomic E-state index is -0.463. The van der Waals surface area contributed by atoms with E-state index in [2.05, 4.69) is 10.5 Å². The minimum absolute atomic E-state index is 0.0544. The van der Waals surface area contributed by atoms with Crippen molar-refractivity contribution in [3.8, 4) is 6.07 Å². The van der Waals surface area contributed by atoms with E-state index in [4.69, 9.17) is 0 Å². The molecule has 0 heterocycles. The molecule has 26 heavy (non-hydrogen) atoms. The fourth-order valence-electron chi connectivity index (χ4n) is 2.76. The van der Waals surface area contributed by atoms with Crippen LogP contribution in [0.1, 0.15) is 42.5 Å². The quantitative estimate of drug-likeness (QED) is 0.437. The third-order valence-electron chi connectivity index (χ3n) is 4.14. The van der Waals surface area contributed by atoms with Gasteiger partial charge in [0.25, 0.3) is 5.91 Å². The lowest BCUT2D eigenvalue weighted by Crippen LogP contribution is -2.29. The molecule has 1 amide bonds. The van der Waals surface area contributed by atoms with Crippen LogP contribution in [0, 0.1) is 23.2 Å². The molecule has 0 aliphatic heterocycles. The van der Waals surface area contributed by atoms with Gasteiger partial charge in [-0.2, -0.15) is 5.26 Å². The molecule has 132 valence electrons. The zero-order valence-corrected chi connectivity index (χ0v) is 14.9. The smallest absolute Gasteiger partial charge is 0.262 e. The van der Waals surface area contributed by atoms with Crippen LogP contribution in [0.4, 0.5) is 5.69 Å². The SMILES string of the molecule is CCC[C@H](NC(=O)/C(C#N)=C/c1c(C)cccc1N=O)c1ccccc1. The van der Waals surface area contributed by atoms with Gasteiger partial charge in [-0.15, -0.1) is 4.91 Å². The van der Waals surface area contributed by atoms with Crippen LogP contribution < -0.4 is 5.32 Å². The van der Waals surface area contributed by atoms with Crippen LogP contribution in [-0.4, -0.2) is 5.91 Å². The highest BCUT2D eigenvalue weighted by Gasteiger charge is 2.17. The molecule has 2 aromatic carbocycles. The fraction of sp³-hybridized carbons (Fsp3) is 0.238. The Morgan fingerprint density at radius 2 is 1.96 bits per heavy atom. The van der Waals surface area contributed by atoms with Crippen LogP contribution in [0.3, 0.4) is 0 Å². The molecule has 0 unspecified atom stereocenters. The van der Waals surface area contributed by atoms with Crippen molar-refractivity contribution >= 4 is 17.7 Å². The van der Waals surface area contributed by atoms with E-state index in [0.717, 1.165) is 24.0 Å². The van der Waals surface area contributed by atoms with Crippen molar-refractivity contribution < 1.29 is 4.79 Å². The third-order valence-corrected chi connectivity index (χ3v) is 4.14. The summed E-state index contributed by atoms with van der Waals surface area (Å²) in [4.78, 5) is 23.6. The van der Waals surface area contributed by atoms with Gasteiger partial charge in [-0.1, -0.05) is 55.8 Å². The Kier molecular flexibility index (Phi) is 6.81. The molecular formula is C21H21N3O2. The summed E-state index contributed by atoms with van der Waals surface area (Å²) in [5, 5.41) is 15.3. The maximum atomic E-state index is 12.6. The van der Waals surface area contributed by atoms with E-state index in [1.807, 2.05) is 43.3 Å². The van der Waals surface area contributed by atoms with E-state index in [0.29, 0.717) is 5.56 Å². The lowest BCUT2D eigenvalue weighted by Gasteiger charge is -2.18. The lowest BCUT2D eigenvalue weighted by molar-refractivity contribution is -0.117. The highest BCUT2D eigenvalue weighted by molar-refractivity contribution is 6.02. The summed E-state index contributed by atoms with van der Waals surface area (Å²) in [6.45, 7) is 3.84. The summed E-state index contributed by atoms with van der Waals surface area (Å²) in [5.74, 6) is -0.463. The summed E-state index contributed by atoms with van der Waals surface area (Å²) < 4.78 is 0. The molecular weight excluding hydrogens is 326 g/mol. The minimum Gasteiger partial charge on any atom is -0.345 e. The number of rotatable bonds is 7. The highest BCUT2D eigenvalue weighted by Crippen LogP contribution is 2.25. The molecule has 0 aliphatic rings. The maximum absolute atomic E-state index is 12.6. The molecule has 5 nitrogen and oxygen atoms in total. The van der Waals surface area contributed by atoms with E-state index in [1.165, 1.54) is 6.08 Å². The number of nitriles is 1. The summed E-state index contributed by atoms with van der Waals surface area (Å²) in [6, 6.07) is 16.5. The molecule has 1 N–H and O–H groups in total. The molecule has 2 aromatic rings. The standard InChI is InChI=1S/C21H21N3O2/c1-3-8-19(16-10-5-4-6-11-16)23-21(25)17(14-22)13-18-15(2)9-7-12-20(18)24-26/h4-7,9-13,19H,3,8H2,1-2H3,(H,23,25)/b17-13+/t19-/m0/s1. The van der Waals surface area contributed by atoms with Gasteiger partial charge in [-0.25, -0.2) is 0 Å². The van der Waals surface area contributed by atoms with Gasteiger partial charge in [0.2, 0.25) is 0 Å². The number of hydrogen-bond acceptors (Lipinski definition) is 4. The normalized spacial score (nSPS) is 12.1. The van der Waals surface area contributed by atoms with Crippen LogP contribution in [0.25, 0.3) is 6.08 Å². The van der Waals surface area contributed by atoms with Gasteiger partial charge < -0.3 is 5.32 Å².